The number of hydrogen-bond acceptors (Lipinski definition) is 3. The smallest absolute Gasteiger partial charge is 0.0827 e. The van der Waals surface area contributed by atoms with Gasteiger partial charge >= 0.3 is 0 Å². The van der Waals surface area contributed by atoms with Crippen molar-refractivity contribution in [2.75, 3.05) is 0 Å². The van der Waals surface area contributed by atoms with Crippen molar-refractivity contribution in [3.8, 4) is 0 Å². The van der Waals surface area contributed by atoms with E-state index >= 15 is 0 Å². The molecule has 2 rings (SSSR count). The summed E-state index contributed by atoms with van der Waals surface area (Å²) in [4.78, 5) is 0. The van der Waals surface area contributed by atoms with Crippen LogP contribution in [0.3, 0.4) is 0 Å². The second-order valence-electron chi connectivity index (χ2n) is 5.21. The molecule has 2 heterocycles. The number of rotatable bonds is 6. The Morgan fingerprint density at radius 1 is 1.22 bits per heavy atom. The first-order chi connectivity index (χ1) is 8.63. The van der Waals surface area contributed by atoms with Gasteiger partial charge in [0.25, 0.3) is 0 Å². The Labute approximate surface area is 108 Å². The lowest BCUT2D eigenvalue weighted by Gasteiger charge is -2.02. The minimum atomic E-state index is 0.603. The molecule has 0 aliphatic rings. The highest BCUT2D eigenvalue weighted by molar-refractivity contribution is 4.99. The van der Waals surface area contributed by atoms with Gasteiger partial charge in [-0.2, -0.15) is 5.10 Å². The standard InChI is InChI=1S/C13H21N5/c1-11(2)8-18-10-13(15-16-18)5-4-6-17-9-12(3)7-14-17/h7,9-11H,4-6,8H2,1-3H3. The van der Waals surface area contributed by atoms with Crippen LogP contribution in [0.2, 0.25) is 0 Å². The molecule has 0 N–H and O–H groups in total. The van der Waals surface area contributed by atoms with Crippen molar-refractivity contribution < 1.29 is 0 Å². The van der Waals surface area contributed by atoms with Gasteiger partial charge in [-0.1, -0.05) is 19.1 Å². The molecule has 98 valence electrons. The van der Waals surface area contributed by atoms with Gasteiger partial charge in [-0.3, -0.25) is 9.36 Å². The summed E-state index contributed by atoms with van der Waals surface area (Å²) in [5, 5.41) is 12.6. The van der Waals surface area contributed by atoms with Crippen LogP contribution >= 0.6 is 0 Å². The second kappa shape index (κ2) is 5.80. The first-order valence-corrected chi connectivity index (χ1v) is 6.51. The summed E-state index contributed by atoms with van der Waals surface area (Å²) in [6, 6.07) is 0. The third-order valence-corrected chi connectivity index (χ3v) is 2.72. The molecule has 2 aromatic heterocycles. The summed E-state index contributed by atoms with van der Waals surface area (Å²) in [5.74, 6) is 0.603. The fourth-order valence-corrected chi connectivity index (χ4v) is 1.93. The van der Waals surface area contributed by atoms with E-state index in [0.717, 1.165) is 31.6 Å². The monoisotopic (exact) mass is 247 g/mol. The van der Waals surface area contributed by atoms with E-state index in [2.05, 4.69) is 42.4 Å². The summed E-state index contributed by atoms with van der Waals surface area (Å²) in [6.07, 6.45) is 8.00. The average molecular weight is 247 g/mol. The minimum absolute atomic E-state index is 0.603. The molecule has 0 fully saturated rings. The van der Waals surface area contributed by atoms with Crippen molar-refractivity contribution in [3.05, 3.63) is 29.8 Å². The lowest BCUT2D eigenvalue weighted by molar-refractivity contribution is 0.472. The molecule has 18 heavy (non-hydrogen) atoms. The minimum Gasteiger partial charge on any atom is -0.272 e. The molecular weight excluding hydrogens is 226 g/mol. The molecular formula is C13H21N5. The molecule has 2 aromatic rings. The van der Waals surface area contributed by atoms with Crippen LogP contribution in [-0.4, -0.2) is 24.8 Å². The Morgan fingerprint density at radius 2 is 2.06 bits per heavy atom. The second-order valence-corrected chi connectivity index (χ2v) is 5.21. The summed E-state index contributed by atoms with van der Waals surface area (Å²) in [7, 11) is 0. The lowest BCUT2D eigenvalue weighted by atomic mass is 10.2. The largest absolute Gasteiger partial charge is 0.272 e. The average Bonchev–Trinajstić information content (AvgIpc) is 2.88. The van der Waals surface area contributed by atoms with Crippen molar-refractivity contribution in [2.45, 2.75) is 46.7 Å². The van der Waals surface area contributed by atoms with E-state index in [1.54, 1.807) is 0 Å². The topological polar surface area (TPSA) is 48.5 Å². The maximum absolute atomic E-state index is 4.27. The molecule has 5 heteroatoms. The summed E-state index contributed by atoms with van der Waals surface area (Å²) in [5.41, 5.74) is 2.28. The van der Waals surface area contributed by atoms with E-state index in [1.165, 1.54) is 5.56 Å². The van der Waals surface area contributed by atoms with E-state index in [0.29, 0.717) is 5.92 Å². The predicted octanol–water partition coefficient (Wildman–Crippen LogP) is 2.07. The molecule has 0 aliphatic carbocycles. The SMILES string of the molecule is Cc1cnn(CCCc2cn(CC(C)C)nn2)c1. The van der Waals surface area contributed by atoms with E-state index in [4.69, 9.17) is 0 Å². The molecule has 0 aromatic carbocycles. The molecule has 5 nitrogen and oxygen atoms in total. The van der Waals surface area contributed by atoms with Gasteiger partial charge in [0, 0.05) is 25.5 Å². The Hall–Kier alpha value is -1.65. The molecule has 0 spiro atoms. The zero-order valence-electron chi connectivity index (χ0n) is 11.4. The highest BCUT2D eigenvalue weighted by Crippen LogP contribution is 2.03. The van der Waals surface area contributed by atoms with Crippen LogP contribution in [0.15, 0.2) is 18.6 Å². The quantitative estimate of drug-likeness (QED) is 0.785. The van der Waals surface area contributed by atoms with E-state index in [-0.39, 0.29) is 0 Å². The van der Waals surface area contributed by atoms with Gasteiger partial charge < -0.3 is 0 Å². The van der Waals surface area contributed by atoms with Gasteiger partial charge in [0.1, 0.15) is 0 Å². The van der Waals surface area contributed by atoms with Crippen molar-refractivity contribution in [3.63, 3.8) is 0 Å². The van der Waals surface area contributed by atoms with E-state index < -0.39 is 0 Å². The Bertz CT molecular complexity index is 483. The van der Waals surface area contributed by atoms with E-state index in [1.807, 2.05) is 21.8 Å². The van der Waals surface area contributed by atoms with Crippen LogP contribution < -0.4 is 0 Å². The number of aryl methyl sites for hydroxylation is 3. The van der Waals surface area contributed by atoms with Gasteiger partial charge in [-0.15, -0.1) is 5.10 Å². The third-order valence-electron chi connectivity index (χ3n) is 2.72. The summed E-state index contributed by atoms with van der Waals surface area (Å²) >= 11 is 0. The van der Waals surface area contributed by atoms with Crippen molar-refractivity contribution in [1.29, 1.82) is 0 Å². The normalized spacial score (nSPS) is 11.3. The zero-order valence-corrected chi connectivity index (χ0v) is 11.4. The molecule has 0 saturated heterocycles. The predicted molar refractivity (Wildman–Crippen MR) is 70.1 cm³/mol. The molecule has 0 unspecified atom stereocenters. The highest BCUT2D eigenvalue weighted by atomic mass is 15.4. The number of aromatic nitrogens is 5. The van der Waals surface area contributed by atoms with Crippen molar-refractivity contribution in [2.24, 2.45) is 5.92 Å². The Morgan fingerprint density at radius 3 is 2.72 bits per heavy atom. The summed E-state index contributed by atoms with van der Waals surface area (Å²) in [6.45, 7) is 8.29. The number of hydrogen-bond donors (Lipinski definition) is 0. The Balaban J connectivity index is 1.78. The van der Waals surface area contributed by atoms with Crippen LogP contribution in [0, 0.1) is 12.8 Å². The maximum Gasteiger partial charge on any atom is 0.0827 e. The van der Waals surface area contributed by atoms with Gasteiger partial charge in [0.2, 0.25) is 0 Å². The van der Waals surface area contributed by atoms with Gasteiger partial charge in [-0.05, 0) is 31.2 Å². The van der Waals surface area contributed by atoms with Gasteiger partial charge in [-0.25, -0.2) is 0 Å². The molecule has 0 radical (unpaired) electrons. The van der Waals surface area contributed by atoms with Crippen LogP contribution in [0.5, 0.6) is 0 Å². The highest BCUT2D eigenvalue weighted by Gasteiger charge is 2.03. The third kappa shape index (κ3) is 3.68. The van der Waals surface area contributed by atoms with E-state index in [9.17, 15) is 0 Å². The van der Waals surface area contributed by atoms with Gasteiger partial charge in [0.05, 0.1) is 11.9 Å². The lowest BCUT2D eigenvalue weighted by Crippen LogP contribution is -2.04. The zero-order chi connectivity index (χ0) is 13.0. The van der Waals surface area contributed by atoms with Crippen LogP contribution in [0.1, 0.15) is 31.5 Å². The van der Waals surface area contributed by atoms with Crippen molar-refractivity contribution >= 4 is 0 Å². The maximum atomic E-state index is 4.27. The molecule has 0 aliphatic heterocycles. The first-order valence-electron chi connectivity index (χ1n) is 6.51. The molecule has 0 saturated carbocycles. The molecule has 0 bridgehead atoms. The molecule has 0 amide bonds. The van der Waals surface area contributed by atoms with Crippen LogP contribution in [0.25, 0.3) is 0 Å². The van der Waals surface area contributed by atoms with Gasteiger partial charge in [0.15, 0.2) is 0 Å². The molecule has 0 atom stereocenters. The van der Waals surface area contributed by atoms with Crippen LogP contribution in [-0.2, 0) is 19.5 Å². The number of nitrogens with zero attached hydrogens (tertiary/aromatic N) is 5. The Kier molecular flexibility index (Phi) is 4.12. The summed E-state index contributed by atoms with van der Waals surface area (Å²) < 4.78 is 3.91. The van der Waals surface area contributed by atoms with Crippen LogP contribution in [0.4, 0.5) is 0 Å². The first kappa shape index (κ1) is 12.8. The fraction of sp³-hybridized carbons (Fsp3) is 0.615. The fourth-order valence-electron chi connectivity index (χ4n) is 1.93. The van der Waals surface area contributed by atoms with Crippen molar-refractivity contribution in [1.82, 2.24) is 24.8 Å².